The van der Waals surface area contributed by atoms with Crippen LogP contribution in [0.15, 0.2) is 29.1 Å². The zero-order valence-corrected chi connectivity index (χ0v) is 15.7. The van der Waals surface area contributed by atoms with Gasteiger partial charge in [-0.2, -0.15) is 5.10 Å². The molecule has 0 aliphatic rings. The Hall–Kier alpha value is -3.21. The van der Waals surface area contributed by atoms with Gasteiger partial charge in [0.05, 0.1) is 10.6 Å². The first-order chi connectivity index (χ1) is 13.1. The van der Waals surface area contributed by atoms with Crippen LogP contribution in [0.4, 0.5) is 14.7 Å². The summed E-state index contributed by atoms with van der Waals surface area (Å²) in [6.45, 7) is 0.708. The highest BCUT2D eigenvalue weighted by Gasteiger charge is 2.31. The number of amides is 1. The third-order valence-electron chi connectivity index (χ3n) is 3.92. The summed E-state index contributed by atoms with van der Waals surface area (Å²) in [5, 5.41) is 16.5. The molecule has 0 radical (unpaired) electrons. The van der Waals surface area contributed by atoms with Crippen LogP contribution in [-0.4, -0.2) is 35.9 Å². The lowest BCUT2D eigenvalue weighted by molar-refractivity contribution is 0.0181. The van der Waals surface area contributed by atoms with E-state index in [1.54, 1.807) is 0 Å². The van der Waals surface area contributed by atoms with Crippen molar-refractivity contribution in [1.82, 2.24) is 30.0 Å². The molecule has 0 saturated heterocycles. The molecule has 0 aliphatic carbocycles. The SMILES string of the molecule is Cn1nnnc1NC(=O)c1nn(C)c(=O)c(-c2ccccc2C(C)(F)F)c1Cl. The van der Waals surface area contributed by atoms with Crippen molar-refractivity contribution in [2.24, 2.45) is 14.1 Å². The molecule has 2 aromatic heterocycles. The Morgan fingerprint density at radius 1 is 1.21 bits per heavy atom. The predicted molar refractivity (Wildman–Crippen MR) is 96.2 cm³/mol. The molecule has 0 bridgehead atoms. The number of nitrogens with one attached hydrogen (secondary N) is 1. The first kappa shape index (κ1) is 19.5. The normalized spacial score (nSPS) is 11.5. The lowest BCUT2D eigenvalue weighted by Crippen LogP contribution is -2.28. The number of nitrogens with zero attached hydrogens (tertiary/aromatic N) is 6. The summed E-state index contributed by atoms with van der Waals surface area (Å²) in [6.07, 6.45) is 0. The van der Waals surface area contributed by atoms with Gasteiger partial charge in [-0.05, 0) is 16.0 Å². The number of carbonyl (C=O) groups is 1. The highest BCUT2D eigenvalue weighted by molar-refractivity contribution is 6.36. The molecule has 28 heavy (non-hydrogen) atoms. The van der Waals surface area contributed by atoms with Gasteiger partial charge >= 0.3 is 0 Å². The monoisotopic (exact) mass is 409 g/mol. The summed E-state index contributed by atoms with van der Waals surface area (Å²) in [6, 6.07) is 5.44. The van der Waals surface area contributed by atoms with Crippen molar-refractivity contribution in [3.63, 3.8) is 0 Å². The smallest absolute Gasteiger partial charge is 0.280 e. The maximum Gasteiger partial charge on any atom is 0.280 e. The molecule has 1 N–H and O–H groups in total. The Labute approximate surface area is 161 Å². The van der Waals surface area contributed by atoms with Crippen LogP contribution in [0.5, 0.6) is 0 Å². The summed E-state index contributed by atoms with van der Waals surface area (Å²) in [4.78, 5) is 25.2. The van der Waals surface area contributed by atoms with Crippen molar-refractivity contribution in [1.29, 1.82) is 0 Å². The number of anilines is 1. The van der Waals surface area contributed by atoms with Gasteiger partial charge in [0.1, 0.15) is 0 Å². The number of carbonyl (C=O) groups excluding carboxylic acids is 1. The molecule has 0 unspecified atom stereocenters. The van der Waals surface area contributed by atoms with Crippen molar-refractivity contribution in [2.75, 3.05) is 5.32 Å². The average Bonchev–Trinajstić information content (AvgIpc) is 3.02. The Balaban J connectivity index is 2.19. The molecular weight excluding hydrogens is 396 g/mol. The molecule has 0 aliphatic heterocycles. The number of aromatic nitrogens is 6. The zero-order valence-electron chi connectivity index (χ0n) is 14.9. The second kappa shape index (κ2) is 7.08. The van der Waals surface area contributed by atoms with E-state index in [1.165, 1.54) is 43.0 Å². The molecule has 1 amide bonds. The number of tetrazole rings is 1. The van der Waals surface area contributed by atoms with Gasteiger partial charge in [-0.25, -0.2) is 18.1 Å². The maximum atomic E-state index is 14.0. The lowest BCUT2D eigenvalue weighted by atomic mass is 9.96. The van der Waals surface area contributed by atoms with E-state index < -0.39 is 23.0 Å². The molecule has 0 saturated carbocycles. The Morgan fingerprint density at radius 3 is 2.50 bits per heavy atom. The Kier molecular flexibility index (Phi) is 4.94. The second-order valence-corrected chi connectivity index (χ2v) is 6.36. The molecular formula is C16H14ClF2N7O2. The average molecular weight is 410 g/mol. The molecule has 0 atom stereocenters. The highest BCUT2D eigenvalue weighted by atomic mass is 35.5. The first-order valence-corrected chi connectivity index (χ1v) is 8.27. The van der Waals surface area contributed by atoms with Crippen molar-refractivity contribution in [2.45, 2.75) is 12.8 Å². The van der Waals surface area contributed by atoms with E-state index in [9.17, 15) is 18.4 Å². The fraction of sp³-hybridized carbons (Fsp3) is 0.250. The van der Waals surface area contributed by atoms with E-state index in [2.05, 4.69) is 25.9 Å². The van der Waals surface area contributed by atoms with Crippen molar-refractivity contribution >= 4 is 23.5 Å². The summed E-state index contributed by atoms with van der Waals surface area (Å²) >= 11 is 6.28. The number of aryl methyl sites for hydroxylation is 2. The van der Waals surface area contributed by atoms with E-state index in [0.29, 0.717) is 6.92 Å². The van der Waals surface area contributed by atoms with Crippen LogP contribution in [0.2, 0.25) is 5.02 Å². The van der Waals surface area contributed by atoms with Gasteiger partial charge in [-0.15, -0.1) is 0 Å². The van der Waals surface area contributed by atoms with Gasteiger partial charge in [0.15, 0.2) is 5.69 Å². The minimum Gasteiger partial charge on any atom is -0.288 e. The second-order valence-electron chi connectivity index (χ2n) is 5.98. The highest BCUT2D eigenvalue weighted by Crippen LogP contribution is 2.37. The summed E-state index contributed by atoms with van der Waals surface area (Å²) in [7, 11) is 2.78. The van der Waals surface area contributed by atoms with E-state index in [-0.39, 0.29) is 27.8 Å². The van der Waals surface area contributed by atoms with Gasteiger partial charge in [0.25, 0.3) is 17.4 Å². The summed E-state index contributed by atoms with van der Waals surface area (Å²) in [5.41, 5.74) is -1.80. The predicted octanol–water partition coefficient (Wildman–Crippen LogP) is 1.99. The largest absolute Gasteiger partial charge is 0.288 e. The van der Waals surface area contributed by atoms with Crippen LogP contribution >= 0.6 is 11.6 Å². The van der Waals surface area contributed by atoms with Gasteiger partial charge in [-0.1, -0.05) is 41.0 Å². The minimum atomic E-state index is -3.24. The van der Waals surface area contributed by atoms with Crippen LogP contribution in [0.25, 0.3) is 11.1 Å². The third kappa shape index (κ3) is 3.48. The molecule has 0 spiro atoms. The molecule has 9 nitrogen and oxygen atoms in total. The Bertz CT molecular complexity index is 1120. The summed E-state index contributed by atoms with van der Waals surface area (Å²) < 4.78 is 30.1. The van der Waals surface area contributed by atoms with Crippen LogP contribution in [0.1, 0.15) is 23.0 Å². The number of alkyl halides is 2. The van der Waals surface area contributed by atoms with Crippen molar-refractivity contribution in [3.8, 4) is 11.1 Å². The molecule has 146 valence electrons. The Morgan fingerprint density at radius 2 is 1.89 bits per heavy atom. The van der Waals surface area contributed by atoms with Gasteiger partial charge in [0, 0.05) is 26.6 Å². The fourth-order valence-electron chi connectivity index (χ4n) is 2.57. The quantitative estimate of drug-likeness (QED) is 0.706. The topological polar surface area (TPSA) is 108 Å². The molecule has 0 fully saturated rings. The van der Waals surface area contributed by atoms with E-state index in [4.69, 9.17) is 11.6 Å². The lowest BCUT2D eigenvalue weighted by Gasteiger charge is -2.17. The maximum absolute atomic E-state index is 14.0. The summed E-state index contributed by atoms with van der Waals surface area (Å²) in [5.74, 6) is -4.03. The number of halogens is 3. The first-order valence-electron chi connectivity index (χ1n) is 7.89. The molecule has 2 heterocycles. The van der Waals surface area contributed by atoms with Gasteiger partial charge in [0.2, 0.25) is 5.95 Å². The number of hydrogen-bond acceptors (Lipinski definition) is 6. The molecule has 12 heteroatoms. The van der Waals surface area contributed by atoms with Gasteiger partial charge < -0.3 is 0 Å². The van der Waals surface area contributed by atoms with Crippen molar-refractivity contribution < 1.29 is 13.6 Å². The fourth-order valence-corrected chi connectivity index (χ4v) is 2.88. The zero-order chi connectivity index (χ0) is 20.6. The van der Waals surface area contributed by atoms with Crippen LogP contribution in [-0.2, 0) is 20.0 Å². The van der Waals surface area contributed by atoms with Crippen molar-refractivity contribution in [3.05, 3.63) is 50.9 Å². The van der Waals surface area contributed by atoms with E-state index in [1.807, 2.05) is 0 Å². The van der Waals surface area contributed by atoms with Crippen LogP contribution in [0.3, 0.4) is 0 Å². The van der Waals surface area contributed by atoms with E-state index >= 15 is 0 Å². The molecule has 3 aromatic rings. The van der Waals surface area contributed by atoms with E-state index in [0.717, 1.165) is 4.68 Å². The number of rotatable bonds is 4. The number of benzene rings is 1. The van der Waals surface area contributed by atoms with Crippen LogP contribution in [0, 0.1) is 0 Å². The van der Waals surface area contributed by atoms with Crippen LogP contribution < -0.4 is 10.9 Å². The molecule has 1 aromatic carbocycles. The minimum absolute atomic E-state index is 0.0127. The third-order valence-corrected chi connectivity index (χ3v) is 4.28. The number of hydrogen-bond donors (Lipinski definition) is 1. The molecule has 3 rings (SSSR count). The van der Waals surface area contributed by atoms with Gasteiger partial charge in [-0.3, -0.25) is 14.9 Å². The standard InChI is InChI=1S/C16H14ClF2N7O2/c1-16(18,19)9-7-5-4-6-8(9)10-11(17)12(22-25(2)14(10)28)13(27)20-15-21-23-24-26(15)3/h4-7H,1-3H3,(H,20,21,24,27).